The van der Waals surface area contributed by atoms with Gasteiger partial charge >= 0.3 is 0 Å². The van der Waals surface area contributed by atoms with E-state index in [-0.39, 0.29) is 24.3 Å². The predicted octanol–water partition coefficient (Wildman–Crippen LogP) is 4.30. The van der Waals surface area contributed by atoms with E-state index in [9.17, 15) is 9.50 Å². The molecule has 0 spiro atoms. The summed E-state index contributed by atoms with van der Waals surface area (Å²) in [5, 5.41) is 20.7. The van der Waals surface area contributed by atoms with Gasteiger partial charge in [-0.15, -0.1) is 0 Å². The molecular formula is C23H25FN2O. The van der Waals surface area contributed by atoms with Crippen molar-refractivity contribution in [3.8, 4) is 6.07 Å². The summed E-state index contributed by atoms with van der Waals surface area (Å²) in [4.78, 5) is 2.52. The summed E-state index contributed by atoms with van der Waals surface area (Å²) in [5.74, 6) is -0.350. The van der Waals surface area contributed by atoms with Crippen LogP contribution >= 0.6 is 0 Å². The van der Waals surface area contributed by atoms with E-state index in [1.54, 1.807) is 6.07 Å². The number of aliphatic hydroxyl groups is 1. The molecule has 2 bridgehead atoms. The SMILES string of the molecule is N#CCc1ccc(F)cc1C1(O)CC2CCCC(C1)N2Cc1ccccc1. The van der Waals surface area contributed by atoms with Gasteiger partial charge in [-0.3, -0.25) is 4.90 Å². The third-order valence-corrected chi connectivity index (χ3v) is 6.21. The molecule has 0 saturated carbocycles. The van der Waals surface area contributed by atoms with Gasteiger partial charge in [0.2, 0.25) is 0 Å². The maximum atomic E-state index is 14.0. The van der Waals surface area contributed by atoms with Gasteiger partial charge in [0.1, 0.15) is 5.82 Å². The van der Waals surface area contributed by atoms with Crippen LogP contribution in [0.3, 0.4) is 0 Å². The smallest absolute Gasteiger partial charge is 0.123 e. The molecule has 2 aromatic carbocycles. The van der Waals surface area contributed by atoms with Crippen LogP contribution in [0, 0.1) is 17.1 Å². The number of piperidine rings is 2. The molecule has 0 amide bonds. The van der Waals surface area contributed by atoms with E-state index in [1.165, 1.54) is 24.1 Å². The molecule has 1 N–H and O–H groups in total. The third kappa shape index (κ3) is 3.63. The highest BCUT2D eigenvalue weighted by atomic mass is 19.1. The van der Waals surface area contributed by atoms with Crippen LogP contribution in [-0.4, -0.2) is 22.1 Å². The highest BCUT2D eigenvalue weighted by molar-refractivity contribution is 5.36. The van der Waals surface area contributed by atoms with Gasteiger partial charge in [-0.2, -0.15) is 5.26 Å². The van der Waals surface area contributed by atoms with Crippen molar-refractivity contribution in [2.75, 3.05) is 0 Å². The van der Waals surface area contributed by atoms with Crippen molar-refractivity contribution in [1.29, 1.82) is 5.26 Å². The Morgan fingerprint density at radius 2 is 1.81 bits per heavy atom. The summed E-state index contributed by atoms with van der Waals surface area (Å²) < 4.78 is 14.0. The maximum Gasteiger partial charge on any atom is 0.123 e. The molecule has 4 rings (SSSR count). The Labute approximate surface area is 160 Å². The van der Waals surface area contributed by atoms with Gasteiger partial charge in [-0.25, -0.2) is 4.39 Å². The molecule has 0 aromatic heterocycles. The van der Waals surface area contributed by atoms with Crippen LogP contribution in [0.5, 0.6) is 0 Å². The second-order valence-corrected chi connectivity index (χ2v) is 7.97. The second-order valence-electron chi connectivity index (χ2n) is 7.97. The topological polar surface area (TPSA) is 47.3 Å². The van der Waals surface area contributed by atoms with Gasteiger partial charge in [-0.05, 0) is 54.5 Å². The minimum atomic E-state index is -1.06. The average Bonchev–Trinajstić information content (AvgIpc) is 2.65. The van der Waals surface area contributed by atoms with Crippen LogP contribution in [0.1, 0.15) is 48.8 Å². The number of fused-ring (bicyclic) bond motifs is 2. The molecule has 3 nitrogen and oxygen atoms in total. The van der Waals surface area contributed by atoms with E-state index in [1.807, 2.05) is 6.07 Å². The molecule has 4 heteroatoms. The Kier molecular flexibility index (Phi) is 4.99. The minimum absolute atomic E-state index is 0.195. The molecule has 0 aliphatic carbocycles. The van der Waals surface area contributed by atoms with Crippen molar-refractivity contribution in [1.82, 2.24) is 4.90 Å². The Morgan fingerprint density at radius 3 is 2.48 bits per heavy atom. The number of halogens is 1. The van der Waals surface area contributed by atoms with E-state index < -0.39 is 5.60 Å². The molecule has 2 atom stereocenters. The fourth-order valence-electron chi connectivity index (χ4n) is 5.01. The lowest BCUT2D eigenvalue weighted by atomic mass is 9.71. The van der Waals surface area contributed by atoms with Crippen LogP contribution in [0.4, 0.5) is 4.39 Å². The summed E-state index contributed by atoms with van der Waals surface area (Å²) >= 11 is 0. The average molecular weight is 364 g/mol. The van der Waals surface area contributed by atoms with Crippen molar-refractivity contribution in [2.45, 2.75) is 62.8 Å². The van der Waals surface area contributed by atoms with Gasteiger partial charge < -0.3 is 5.11 Å². The summed E-state index contributed by atoms with van der Waals surface area (Å²) in [7, 11) is 0. The fourth-order valence-corrected chi connectivity index (χ4v) is 5.01. The molecule has 140 valence electrons. The molecule has 2 unspecified atom stereocenters. The molecule has 2 aromatic rings. The predicted molar refractivity (Wildman–Crippen MR) is 102 cm³/mol. The number of rotatable bonds is 4. The molecule has 2 heterocycles. The summed E-state index contributed by atoms with van der Waals surface area (Å²) in [6.45, 7) is 0.889. The zero-order chi connectivity index (χ0) is 18.9. The van der Waals surface area contributed by atoms with Crippen LogP contribution in [0.2, 0.25) is 0 Å². The van der Waals surface area contributed by atoms with E-state index in [0.717, 1.165) is 24.9 Å². The molecule has 27 heavy (non-hydrogen) atoms. The van der Waals surface area contributed by atoms with Gasteiger partial charge in [0.15, 0.2) is 0 Å². The Bertz CT molecular complexity index is 831. The van der Waals surface area contributed by atoms with Gasteiger partial charge in [0.05, 0.1) is 18.1 Å². The zero-order valence-corrected chi connectivity index (χ0v) is 15.4. The first kappa shape index (κ1) is 18.2. The number of benzene rings is 2. The first-order valence-corrected chi connectivity index (χ1v) is 9.77. The lowest BCUT2D eigenvalue weighted by molar-refractivity contribution is -0.100. The molecule has 2 aliphatic heterocycles. The fraction of sp³-hybridized carbons (Fsp3) is 0.435. The largest absolute Gasteiger partial charge is 0.385 e. The van der Waals surface area contributed by atoms with Crippen LogP contribution in [0.25, 0.3) is 0 Å². The lowest BCUT2D eigenvalue weighted by Crippen LogP contribution is -2.56. The van der Waals surface area contributed by atoms with E-state index in [4.69, 9.17) is 5.26 Å². The van der Waals surface area contributed by atoms with Crippen LogP contribution in [-0.2, 0) is 18.6 Å². The maximum absolute atomic E-state index is 14.0. The second kappa shape index (κ2) is 7.42. The van der Waals surface area contributed by atoms with Crippen molar-refractivity contribution in [3.05, 3.63) is 71.0 Å². The highest BCUT2D eigenvalue weighted by Crippen LogP contribution is 2.45. The van der Waals surface area contributed by atoms with Crippen LogP contribution in [0.15, 0.2) is 48.5 Å². The minimum Gasteiger partial charge on any atom is -0.385 e. The van der Waals surface area contributed by atoms with Gasteiger partial charge in [0, 0.05) is 18.6 Å². The van der Waals surface area contributed by atoms with Crippen LogP contribution < -0.4 is 0 Å². The molecular weight excluding hydrogens is 339 g/mol. The Morgan fingerprint density at radius 1 is 1.11 bits per heavy atom. The van der Waals surface area contributed by atoms with E-state index >= 15 is 0 Å². The number of nitrogens with zero attached hydrogens (tertiary/aromatic N) is 2. The van der Waals surface area contributed by atoms with Gasteiger partial charge in [0.25, 0.3) is 0 Å². The van der Waals surface area contributed by atoms with Crippen molar-refractivity contribution < 1.29 is 9.50 Å². The Hall–Kier alpha value is -2.22. The quantitative estimate of drug-likeness (QED) is 0.880. The molecule has 2 aliphatic rings. The Balaban J connectivity index is 1.63. The first-order chi connectivity index (χ1) is 13.1. The van der Waals surface area contributed by atoms with Gasteiger partial charge in [-0.1, -0.05) is 42.8 Å². The molecule has 2 saturated heterocycles. The number of nitriles is 1. The standard InChI is InChI=1S/C23H25FN2O/c24-19-10-9-18(11-12-25)22(13-19)23(27)14-20-7-4-8-21(15-23)26(20)16-17-5-2-1-3-6-17/h1-3,5-6,9-10,13,20-21,27H,4,7-8,11,14-16H2. The zero-order valence-electron chi connectivity index (χ0n) is 15.4. The third-order valence-electron chi connectivity index (χ3n) is 6.21. The van der Waals surface area contributed by atoms with E-state index in [0.29, 0.717) is 18.4 Å². The summed E-state index contributed by atoms with van der Waals surface area (Å²) in [5.41, 5.74) is 1.59. The van der Waals surface area contributed by atoms with E-state index in [2.05, 4.69) is 35.2 Å². The summed E-state index contributed by atoms with van der Waals surface area (Å²) in [6.07, 6.45) is 4.66. The van der Waals surface area contributed by atoms with Crippen molar-refractivity contribution in [2.24, 2.45) is 0 Å². The normalized spacial score (nSPS) is 27.9. The first-order valence-electron chi connectivity index (χ1n) is 9.77. The highest BCUT2D eigenvalue weighted by Gasteiger charge is 2.47. The number of hydrogen-bond acceptors (Lipinski definition) is 3. The molecule has 0 radical (unpaired) electrons. The van der Waals surface area contributed by atoms with Crippen molar-refractivity contribution in [3.63, 3.8) is 0 Å². The molecule has 2 fully saturated rings. The number of hydrogen-bond donors (Lipinski definition) is 1. The summed E-state index contributed by atoms with van der Waals surface area (Å²) in [6, 6.07) is 17.6. The van der Waals surface area contributed by atoms with Crippen molar-refractivity contribution >= 4 is 0 Å². The lowest BCUT2D eigenvalue weighted by Gasteiger charge is -2.52. The monoisotopic (exact) mass is 364 g/mol.